The lowest BCUT2D eigenvalue weighted by atomic mass is 9.99. The lowest BCUT2D eigenvalue weighted by molar-refractivity contribution is 0.175. The predicted octanol–water partition coefficient (Wildman–Crippen LogP) is 3.56. The van der Waals surface area contributed by atoms with E-state index in [2.05, 4.69) is 20.0 Å². The minimum Gasteiger partial charge on any atom is -0.481 e. The third kappa shape index (κ3) is 3.10. The van der Waals surface area contributed by atoms with Gasteiger partial charge >= 0.3 is 0 Å². The number of ether oxygens (including phenoxy) is 1. The second-order valence-corrected chi connectivity index (χ2v) is 8.27. The third-order valence-electron chi connectivity index (χ3n) is 5.95. The molecule has 4 aromatic rings. The van der Waals surface area contributed by atoms with Crippen molar-refractivity contribution < 1.29 is 18.8 Å². The number of halogens is 1. The fourth-order valence-electron chi connectivity index (χ4n) is 4.50. The Balaban J connectivity index is 1.39. The van der Waals surface area contributed by atoms with Gasteiger partial charge < -0.3 is 18.8 Å². The Bertz CT molecular complexity index is 1280. The fraction of sp³-hybridized carbons (Fsp3) is 0.318. The van der Waals surface area contributed by atoms with Crippen molar-refractivity contribution in [1.82, 2.24) is 20.0 Å². The quantitative estimate of drug-likeness (QED) is 0.516. The number of aromatic nitrogens is 3. The second-order valence-electron chi connectivity index (χ2n) is 7.83. The van der Waals surface area contributed by atoms with E-state index in [1.807, 2.05) is 12.1 Å². The fourth-order valence-corrected chi connectivity index (χ4v) is 4.74. The van der Waals surface area contributed by atoms with E-state index >= 15 is 0 Å². The molecule has 0 saturated carbocycles. The average Bonchev–Trinajstić information content (AvgIpc) is 3.50. The highest BCUT2D eigenvalue weighted by Crippen LogP contribution is 2.46. The van der Waals surface area contributed by atoms with Gasteiger partial charge in [0.25, 0.3) is 0 Å². The molecular formula is C22H19ClN4O4. The molecule has 5 heterocycles. The molecule has 3 aromatic heterocycles. The number of aliphatic hydroxyl groups excluding tert-OH is 1. The van der Waals surface area contributed by atoms with Gasteiger partial charge in [0, 0.05) is 60.3 Å². The largest absolute Gasteiger partial charge is 0.481 e. The molecule has 1 atom stereocenters. The zero-order valence-electron chi connectivity index (χ0n) is 16.5. The third-order valence-corrected chi connectivity index (χ3v) is 6.17. The molecule has 2 aliphatic heterocycles. The lowest BCUT2D eigenvalue weighted by Gasteiger charge is -2.25. The molecule has 0 fully saturated rings. The molecule has 2 aliphatic rings. The van der Waals surface area contributed by atoms with Gasteiger partial charge in [-0.15, -0.1) is 0 Å². The SMILES string of the molecule is OCCN1CCc2noc([C@H]3Cc4cc(Cl)cc(-c5ncnc6ccoc56)c4O3)c2C1. The Labute approximate surface area is 182 Å². The van der Waals surface area contributed by atoms with Crippen LogP contribution in [-0.4, -0.2) is 44.8 Å². The topological polar surface area (TPSA) is 97.7 Å². The van der Waals surface area contributed by atoms with Crippen LogP contribution < -0.4 is 4.74 Å². The van der Waals surface area contributed by atoms with Crippen molar-refractivity contribution in [2.75, 3.05) is 19.7 Å². The van der Waals surface area contributed by atoms with Gasteiger partial charge in [0.05, 0.1) is 18.6 Å². The van der Waals surface area contributed by atoms with Crippen LogP contribution in [0.3, 0.4) is 0 Å². The molecule has 0 aliphatic carbocycles. The van der Waals surface area contributed by atoms with Crippen LogP contribution in [0, 0.1) is 0 Å². The Hall–Kier alpha value is -2.94. The molecule has 8 nitrogen and oxygen atoms in total. The number of furan rings is 1. The van der Waals surface area contributed by atoms with Gasteiger partial charge in [0.2, 0.25) is 0 Å². The zero-order valence-corrected chi connectivity index (χ0v) is 17.3. The molecule has 0 amide bonds. The zero-order chi connectivity index (χ0) is 20.9. The summed E-state index contributed by atoms with van der Waals surface area (Å²) >= 11 is 6.45. The molecule has 1 N–H and O–H groups in total. The Morgan fingerprint density at radius 3 is 3.10 bits per heavy atom. The molecule has 0 bridgehead atoms. The minimum absolute atomic E-state index is 0.128. The van der Waals surface area contributed by atoms with E-state index in [1.54, 1.807) is 12.3 Å². The predicted molar refractivity (Wildman–Crippen MR) is 112 cm³/mol. The lowest BCUT2D eigenvalue weighted by Crippen LogP contribution is -2.33. The van der Waals surface area contributed by atoms with E-state index in [0.29, 0.717) is 35.8 Å². The molecule has 0 unspecified atom stereocenters. The molecule has 0 radical (unpaired) electrons. The van der Waals surface area contributed by atoms with Gasteiger partial charge in [-0.25, -0.2) is 9.97 Å². The number of β-amino-alcohol motifs (C(OH)–C–C–N with tert-alkyl or cyclic N) is 1. The first kappa shape index (κ1) is 18.8. The van der Waals surface area contributed by atoms with Gasteiger partial charge in [-0.2, -0.15) is 0 Å². The van der Waals surface area contributed by atoms with Crippen LogP contribution in [0.2, 0.25) is 5.02 Å². The highest BCUT2D eigenvalue weighted by Gasteiger charge is 2.35. The molecule has 0 spiro atoms. The molecule has 0 saturated heterocycles. The van der Waals surface area contributed by atoms with Crippen LogP contribution in [0.15, 0.2) is 39.7 Å². The number of nitrogens with zero attached hydrogens (tertiary/aromatic N) is 4. The molecule has 9 heteroatoms. The Morgan fingerprint density at radius 2 is 2.19 bits per heavy atom. The number of hydrogen-bond donors (Lipinski definition) is 1. The van der Waals surface area contributed by atoms with Crippen molar-refractivity contribution in [1.29, 1.82) is 0 Å². The van der Waals surface area contributed by atoms with Gasteiger partial charge in [0.1, 0.15) is 23.3 Å². The maximum absolute atomic E-state index is 9.30. The summed E-state index contributed by atoms with van der Waals surface area (Å²) in [6.07, 6.45) is 4.22. The molecule has 31 heavy (non-hydrogen) atoms. The maximum Gasteiger partial charge on any atom is 0.182 e. The summed E-state index contributed by atoms with van der Waals surface area (Å²) in [7, 11) is 0. The van der Waals surface area contributed by atoms with Gasteiger partial charge in [-0.3, -0.25) is 4.90 Å². The van der Waals surface area contributed by atoms with Crippen LogP contribution in [0.5, 0.6) is 5.75 Å². The molecular weight excluding hydrogens is 420 g/mol. The van der Waals surface area contributed by atoms with Crippen molar-refractivity contribution in [3.8, 4) is 17.0 Å². The van der Waals surface area contributed by atoms with E-state index in [9.17, 15) is 5.11 Å². The first-order valence-corrected chi connectivity index (χ1v) is 10.6. The van der Waals surface area contributed by atoms with Crippen molar-refractivity contribution >= 4 is 22.7 Å². The normalized spacial score (nSPS) is 18.2. The van der Waals surface area contributed by atoms with Gasteiger partial charge in [-0.1, -0.05) is 16.8 Å². The second kappa shape index (κ2) is 7.33. The molecule has 1 aromatic carbocycles. The summed E-state index contributed by atoms with van der Waals surface area (Å²) in [6.45, 7) is 2.31. The number of fused-ring (bicyclic) bond motifs is 3. The monoisotopic (exact) mass is 438 g/mol. The van der Waals surface area contributed by atoms with Crippen LogP contribution in [0.4, 0.5) is 0 Å². The van der Waals surface area contributed by atoms with E-state index in [4.69, 9.17) is 25.3 Å². The standard InChI is InChI=1S/C22H19ClN4O4/c23-13-7-12-8-18(21-15-10-27(4-5-28)3-1-16(15)26-31-21)30-20(12)14(9-13)19-22-17(2-6-29-22)24-11-25-19/h2,6-7,9,11,18,28H,1,3-5,8,10H2/t18-/m1/s1. The first-order valence-electron chi connectivity index (χ1n) is 10.2. The summed E-state index contributed by atoms with van der Waals surface area (Å²) in [6, 6.07) is 5.56. The van der Waals surface area contributed by atoms with E-state index in [0.717, 1.165) is 52.4 Å². The highest BCUT2D eigenvalue weighted by atomic mass is 35.5. The average molecular weight is 439 g/mol. The summed E-state index contributed by atoms with van der Waals surface area (Å²) < 4.78 is 17.8. The van der Waals surface area contributed by atoms with Crippen molar-refractivity contribution in [2.24, 2.45) is 0 Å². The van der Waals surface area contributed by atoms with Crippen molar-refractivity contribution in [2.45, 2.75) is 25.5 Å². The summed E-state index contributed by atoms with van der Waals surface area (Å²) in [5.74, 6) is 1.46. The van der Waals surface area contributed by atoms with E-state index < -0.39 is 0 Å². The van der Waals surface area contributed by atoms with E-state index in [-0.39, 0.29) is 12.7 Å². The van der Waals surface area contributed by atoms with Gasteiger partial charge in [-0.05, 0) is 12.1 Å². The number of hydrogen-bond acceptors (Lipinski definition) is 8. The van der Waals surface area contributed by atoms with Crippen LogP contribution >= 0.6 is 11.6 Å². The number of aliphatic hydroxyl groups is 1. The molecule has 158 valence electrons. The smallest absolute Gasteiger partial charge is 0.182 e. The first-order chi connectivity index (χ1) is 15.2. The summed E-state index contributed by atoms with van der Waals surface area (Å²) in [5.41, 5.74) is 5.73. The van der Waals surface area contributed by atoms with Crippen molar-refractivity contribution in [3.05, 3.63) is 58.4 Å². The Kier molecular flexibility index (Phi) is 4.45. The number of benzene rings is 1. The number of rotatable bonds is 4. The highest BCUT2D eigenvalue weighted by molar-refractivity contribution is 6.31. The Morgan fingerprint density at radius 1 is 1.26 bits per heavy atom. The van der Waals surface area contributed by atoms with Crippen LogP contribution in [0.1, 0.15) is 28.7 Å². The summed E-state index contributed by atoms with van der Waals surface area (Å²) in [4.78, 5) is 10.9. The summed E-state index contributed by atoms with van der Waals surface area (Å²) in [5, 5.41) is 14.2. The van der Waals surface area contributed by atoms with Crippen LogP contribution in [-0.2, 0) is 19.4 Å². The van der Waals surface area contributed by atoms with Crippen LogP contribution in [0.25, 0.3) is 22.4 Å². The maximum atomic E-state index is 9.30. The van der Waals surface area contributed by atoms with Crippen molar-refractivity contribution in [3.63, 3.8) is 0 Å². The molecule has 6 rings (SSSR count). The van der Waals surface area contributed by atoms with Gasteiger partial charge in [0.15, 0.2) is 17.4 Å². The minimum atomic E-state index is -0.300. The van der Waals surface area contributed by atoms with E-state index in [1.165, 1.54) is 6.33 Å².